The summed E-state index contributed by atoms with van der Waals surface area (Å²) in [7, 11) is 0. The predicted molar refractivity (Wildman–Crippen MR) is 59.1 cm³/mol. The minimum Gasteiger partial charge on any atom is -0.478 e. The Kier molecular flexibility index (Phi) is 2.96. The maximum Gasteiger partial charge on any atom is 0.339 e. The normalized spacial score (nSPS) is 10.2. The number of aryl methyl sites for hydroxylation is 1. The van der Waals surface area contributed by atoms with Crippen molar-refractivity contribution in [3.8, 4) is 0 Å². The van der Waals surface area contributed by atoms with Gasteiger partial charge in [0.15, 0.2) is 0 Å². The first-order valence-electron chi connectivity index (χ1n) is 4.52. The van der Waals surface area contributed by atoms with Gasteiger partial charge in [0.2, 0.25) is 5.13 Å². The Labute approximate surface area is 99.3 Å². The lowest BCUT2D eigenvalue weighted by Gasteiger charge is -2.04. The van der Waals surface area contributed by atoms with E-state index in [1.165, 1.54) is 0 Å². The zero-order valence-corrected chi connectivity index (χ0v) is 9.45. The van der Waals surface area contributed by atoms with Gasteiger partial charge in [-0.2, -0.15) is 4.37 Å². The zero-order valence-electron chi connectivity index (χ0n) is 8.64. The smallest absolute Gasteiger partial charge is 0.339 e. The summed E-state index contributed by atoms with van der Waals surface area (Å²) in [5.41, 5.74) is -0.252. The number of pyridine rings is 1. The van der Waals surface area contributed by atoms with Gasteiger partial charge in [-0.1, -0.05) is 0 Å². The summed E-state index contributed by atoms with van der Waals surface area (Å²) in [5, 5.41) is 12.0. The van der Waals surface area contributed by atoms with Crippen molar-refractivity contribution in [1.82, 2.24) is 14.3 Å². The molecule has 0 unspecified atom stereocenters. The van der Waals surface area contributed by atoms with Gasteiger partial charge >= 0.3 is 5.97 Å². The van der Waals surface area contributed by atoms with Gasteiger partial charge in [0.1, 0.15) is 23.0 Å². The number of carboxylic acids is 1. The van der Waals surface area contributed by atoms with E-state index in [4.69, 9.17) is 5.11 Å². The number of carbonyl (C=O) groups is 1. The van der Waals surface area contributed by atoms with Gasteiger partial charge in [-0.25, -0.2) is 19.2 Å². The molecule has 0 saturated heterocycles. The van der Waals surface area contributed by atoms with Crippen LogP contribution in [0.5, 0.6) is 0 Å². The third kappa shape index (κ3) is 2.53. The van der Waals surface area contributed by atoms with E-state index in [9.17, 15) is 9.18 Å². The number of halogens is 1. The van der Waals surface area contributed by atoms with Crippen molar-refractivity contribution in [2.75, 3.05) is 5.32 Å². The Balaban J connectivity index is 2.35. The van der Waals surface area contributed by atoms with Crippen molar-refractivity contribution >= 4 is 28.5 Å². The van der Waals surface area contributed by atoms with Crippen molar-refractivity contribution in [1.29, 1.82) is 0 Å². The Bertz CT molecular complexity index is 572. The molecule has 6 nitrogen and oxygen atoms in total. The molecule has 0 aliphatic heterocycles. The summed E-state index contributed by atoms with van der Waals surface area (Å²) < 4.78 is 16.8. The van der Waals surface area contributed by atoms with E-state index in [2.05, 4.69) is 19.7 Å². The van der Waals surface area contributed by atoms with E-state index in [-0.39, 0.29) is 11.4 Å². The van der Waals surface area contributed by atoms with Gasteiger partial charge in [-0.05, 0) is 13.0 Å². The molecule has 0 atom stereocenters. The van der Waals surface area contributed by atoms with E-state index >= 15 is 0 Å². The molecule has 2 heterocycles. The van der Waals surface area contributed by atoms with Crippen LogP contribution < -0.4 is 5.32 Å². The van der Waals surface area contributed by atoms with E-state index < -0.39 is 11.8 Å². The molecule has 0 saturated carbocycles. The van der Waals surface area contributed by atoms with Crippen LogP contribution in [0.15, 0.2) is 12.3 Å². The summed E-state index contributed by atoms with van der Waals surface area (Å²) in [5.74, 6) is -1.37. The highest BCUT2D eigenvalue weighted by Gasteiger charge is 2.14. The van der Waals surface area contributed by atoms with E-state index in [0.29, 0.717) is 11.0 Å². The second kappa shape index (κ2) is 4.42. The van der Waals surface area contributed by atoms with Gasteiger partial charge in [-0.15, -0.1) is 0 Å². The minimum atomic E-state index is -1.26. The molecule has 17 heavy (non-hydrogen) atoms. The van der Waals surface area contributed by atoms with Gasteiger partial charge < -0.3 is 10.4 Å². The molecule has 0 aliphatic rings. The second-order valence-corrected chi connectivity index (χ2v) is 3.88. The highest BCUT2D eigenvalue weighted by Crippen LogP contribution is 2.20. The number of anilines is 2. The number of rotatable bonds is 3. The lowest BCUT2D eigenvalue weighted by atomic mass is 10.2. The van der Waals surface area contributed by atoms with Crippen molar-refractivity contribution in [3.05, 3.63) is 29.5 Å². The van der Waals surface area contributed by atoms with E-state index in [0.717, 1.165) is 23.8 Å². The molecule has 0 spiro atoms. The fourth-order valence-electron chi connectivity index (χ4n) is 1.15. The largest absolute Gasteiger partial charge is 0.478 e. The molecule has 0 radical (unpaired) electrons. The van der Waals surface area contributed by atoms with Crippen molar-refractivity contribution in [2.45, 2.75) is 6.92 Å². The molecule has 88 valence electrons. The molecule has 0 amide bonds. The number of hydrogen-bond acceptors (Lipinski definition) is 6. The molecule has 0 aliphatic carbocycles. The summed E-state index contributed by atoms with van der Waals surface area (Å²) in [6.07, 6.45) is 0.933. The Hall–Kier alpha value is -2.09. The highest BCUT2D eigenvalue weighted by molar-refractivity contribution is 7.09. The van der Waals surface area contributed by atoms with Crippen LogP contribution in [-0.4, -0.2) is 25.4 Å². The first-order valence-corrected chi connectivity index (χ1v) is 5.30. The third-order valence-corrected chi connectivity index (χ3v) is 2.56. The van der Waals surface area contributed by atoms with Gasteiger partial charge in [0, 0.05) is 11.5 Å². The average molecular weight is 254 g/mol. The molecule has 2 aromatic rings. The van der Waals surface area contributed by atoms with Crippen LogP contribution in [0.1, 0.15) is 16.2 Å². The summed E-state index contributed by atoms with van der Waals surface area (Å²) >= 11 is 1.07. The van der Waals surface area contributed by atoms with Crippen LogP contribution in [0.3, 0.4) is 0 Å². The summed E-state index contributed by atoms with van der Waals surface area (Å²) in [6.45, 7) is 1.71. The zero-order chi connectivity index (χ0) is 12.4. The quantitative estimate of drug-likeness (QED) is 0.868. The number of carboxylic acid groups (broad SMARTS) is 1. The topological polar surface area (TPSA) is 88.0 Å². The molecule has 0 aromatic carbocycles. The van der Waals surface area contributed by atoms with Crippen LogP contribution in [0.2, 0.25) is 0 Å². The van der Waals surface area contributed by atoms with Crippen molar-refractivity contribution in [2.24, 2.45) is 0 Å². The summed E-state index contributed by atoms with van der Waals surface area (Å²) in [4.78, 5) is 18.6. The maximum atomic E-state index is 12.9. The molecule has 2 N–H and O–H groups in total. The van der Waals surface area contributed by atoms with Crippen molar-refractivity contribution < 1.29 is 14.3 Å². The predicted octanol–water partition coefficient (Wildman–Crippen LogP) is 1.82. The van der Waals surface area contributed by atoms with Crippen LogP contribution >= 0.6 is 11.5 Å². The number of aromatic nitrogens is 3. The fourth-order valence-corrected chi connectivity index (χ4v) is 1.73. The van der Waals surface area contributed by atoms with Crippen LogP contribution in [0.25, 0.3) is 0 Å². The monoisotopic (exact) mass is 254 g/mol. The van der Waals surface area contributed by atoms with Crippen molar-refractivity contribution in [3.63, 3.8) is 0 Å². The lowest BCUT2D eigenvalue weighted by Crippen LogP contribution is -2.05. The Morgan fingerprint density at radius 3 is 2.94 bits per heavy atom. The minimum absolute atomic E-state index is 0.0371. The molecule has 8 heteroatoms. The van der Waals surface area contributed by atoms with Gasteiger partial charge in [-0.3, -0.25) is 0 Å². The van der Waals surface area contributed by atoms with E-state index in [1.807, 2.05) is 0 Å². The van der Waals surface area contributed by atoms with Crippen LogP contribution in [0, 0.1) is 12.7 Å². The molecular formula is C9H7FN4O2S. The molecular weight excluding hydrogens is 247 g/mol. The number of nitrogens with zero attached hydrogens (tertiary/aromatic N) is 3. The SMILES string of the molecule is Cc1nsc(Nc2ncc(F)cc2C(=O)O)n1. The first kappa shape index (κ1) is 11.4. The lowest BCUT2D eigenvalue weighted by molar-refractivity contribution is 0.0697. The first-order chi connectivity index (χ1) is 8.06. The average Bonchev–Trinajstić information content (AvgIpc) is 2.66. The fraction of sp³-hybridized carbons (Fsp3) is 0.111. The molecule has 2 rings (SSSR count). The molecule has 2 aromatic heterocycles. The number of hydrogen-bond donors (Lipinski definition) is 2. The number of nitrogens with one attached hydrogen (secondary N) is 1. The number of aromatic carboxylic acids is 1. The molecule has 0 bridgehead atoms. The van der Waals surface area contributed by atoms with Gasteiger partial charge in [0.25, 0.3) is 0 Å². The molecule has 0 fully saturated rings. The van der Waals surface area contributed by atoms with E-state index in [1.54, 1.807) is 6.92 Å². The van der Waals surface area contributed by atoms with Crippen LogP contribution in [-0.2, 0) is 0 Å². The summed E-state index contributed by atoms with van der Waals surface area (Å²) in [6, 6.07) is 0.894. The maximum absolute atomic E-state index is 12.9. The Morgan fingerprint density at radius 1 is 1.59 bits per heavy atom. The van der Waals surface area contributed by atoms with Gasteiger partial charge in [0.05, 0.1) is 6.20 Å². The third-order valence-electron chi connectivity index (χ3n) is 1.84. The van der Waals surface area contributed by atoms with Crippen LogP contribution in [0.4, 0.5) is 15.3 Å². The second-order valence-electron chi connectivity index (χ2n) is 3.13. The Morgan fingerprint density at radius 2 is 2.35 bits per heavy atom. The standard InChI is InChI=1S/C9H7FN4O2S/c1-4-12-9(17-14-4)13-7-6(8(15)16)2-5(10)3-11-7/h2-3H,1H3,(H,15,16)(H,11,12,13,14). The highest BCUT2D eigenvalue weighted by atomic mass is 32.1.